The number of hydrogen-bond acceptors (Lipinski definition) is 6. The number of anilines is 2. The van der Waals surface area contributed by atoms with Crippen molar-refractivity contribution in [3.63, 3.8) is 0 Å². The molecule has 2 N–H and O–H groups in total. The molecule has 3 rings (SSSR count). The second-order valence-corrected chi connectivity index (χ2v) is 8.77. The molecule has 1 amide bonds. The molecule has 7 heteroatoms. The maximum atomic E-state index is 12.1. The third kappa shape index (κ3) is 5.71. The highest BCUT2D eigenvalue weighted by molar-refractivity contribution is 8.01. The predicted octanol–water partition coefficient (Wildman–Crippen LogP) is 4.63. The van der Waals surface area contributed by atoms with Crippen LogP contribution in [0.1, 0.15) is 43.2 Å². The number of carbonyl (C=O) groups excluding carboxylic acids is 1. The van der Waals surface area contributed by atoms with Crippen LogP contribution in [0.15, 0.2) is 22.5 Å². The molecule has 134 valence electrons. The van der Waals surface area contributed by atoms with Crippen LogP contribution in [0.4, 0.5) is 10.8 Å². The molecule has 0 unspecified atom stereocenters. The normalized spacial score (nSPS) is 15.1. The SMILES string of the molecule is Cc1cc(C)cc(NC(=O)CSc2nnc(NC3CCCCC3)s2)c1. The summed E-state index contributed by atoms with van der Waals surface area (Å²) in [5.74, 6) is 0.317. The maximum Gasteiger partial charge on any atom is 0.234 e. The zero-order chi connectivity index (χ0) is 17.6. The molecule has 1 fully saturated rings. The highest BCUT2D eigenvalue weighted by atomic mass is 32.2. The highest BCUT2D eigenvalue weighted by Gasteiger charge is 2.15. The first-order valence-corrected chi connectivity index (χ1v) is 10.5. The quantitative estimate of drug-likeness (QED) is 0.720. The Balaban J connectivity index is 1.47. The van der Waals surface area contributed by atoms with E-state index in [0.717, 1.165) is 26.3 Å². The fraction of sp³-hybridized carbons (Fsp3) is 0.500. The molecule has 5 nitrogen and oxygen atoms in total. The second kappa shape index (κ2) is 8.67. The van der Waals surface area contributed by atoms with Crippen LogP contribution in [0.2, 0.25) is 0 Å². The Labute approximate surface area is 157 Å². The largest absolute Gasteiger partial charge is 0.357 e. The van der Waals surface area contributed by atoms with Gasteiger partial charge in [-0.05, 0) is 49.9 Å². The molecular formula is C18H24N4OS2. The van der Waals surface area contributed by atoms with Crippen LogP contribution in [0, 0.1) is 13.8 Å². The van der Waals surface area contributed by atoms with Crippen molar-refractivity contribution in [3.05, 3.63) is 29.3 Å². The van der Waals surface area contributed by atoms with Gasteiger partial charge in [-0.2, -0.15) is 0 Å². The molecule has 0 bridgehead atoms. The van der Waals surface area contributed by atoms with E-state index in [2.05, 4.69) is 26.9 Å². The maximum absolute atomic E-state index is 12.1. The summed E-state index contributed by atoms with van der Waals surface area (Å²) in [5.41, 5.74) is 3.14. The van der Waals surface area contributed by atoms with Gasteiger partial charge in [-0.25, -0.2) is 0 Å². The molecule has 0 aliphatic heterocycles. The van der Waals surface area contributed by atoms with Crippen LogP contribution in [0.5, 0.6) is 0 Å². The van der Waals surface area contributed by atoms with Gasteiger partial charge in [-0.3, -0.25) is 4.79 Å². The second-order valence-electron chi connectivity index (χ2n) is 6.57. The van der Waals surface area contributed by atoms with Gasteiger partial charge in [0.15, 0.2) is 4.34 Å². The lowest BCUT2D eigenvalue weighted by Crippen LogP contribution is -2.21. The molecule has 0 radical (unpaired) electrons. The fourth-order valence-corrected chi connectivity index (χ4v) is 4.75. The van der Waals surface area contributed by atoms with E-state index in [1.54, 1.807) is 0 Å². The molecule has 2 aromatic rings. The first-order valence-electron chi connectivity index (χ1n) is 8.69. The van der Waals surface area contributed by atoms with Crippen LogP contribution in [0.25, 0.3) is 0 Å². The number of rotatable bonds is 6. The van der Waals surface area contributed by atoms with E-state index in [9.17, 15) is 4.79 Å². The van der Waals surface area contributed by atoms with Gasteiger partial charge in [0, 0.05) is 11.7 Å². The number of nitrogens with one attached hydrogen (secondary N) is 2. The van der Waals surface area contributed by atoms with Gasteiger partial charge < -0.3 is 10.6 Å². The number of benzene rings is 1. The van der Waals surface area contributed by atoms with Crippen molar-refractivity contribution in [1.82, 2.24) is 10.2 Å². The van der Waals surface area contributed by atoms with Crippen molar-refractivity contribution >= 4 is 39.8 Å². The summed E-state index contributed by atoms with van der Waals surface area (Å²) in [6, 6.07) is 6.57. The average molecular weight is 377 g/mol. The summed E-state index contributed by atoms with van der Waals surface area (Å²) >= 11 is 2.96. The Morgan fingerprint density at radius 2 is 1.88 bits per heavy atom. The van der Waals surface area contributed by atoms with E-state index in [0.29, 0.717) is 11.8 Å². The molecule has 1 aliphatic carbocycles. The number of carbonyl (C=O) groups is 1. The van der Waals surface area contributed by atoms with Crippen molar-refractivity contribution in [2.75, 3.05) is 16.4 Å². The standard InChI is InChI=1S/C18H24N4OS2/c1-12-8-13(2)10-15(9-12)19-16(23)11-24-18-22-21-17(25-18)20-14-6-4-3-5-7-14/h8-10,14H,3-7,11H2,1-2H3,(H,19,23)(H,20,21). The minimum atomic E-state index is -0.0213. The van der Waals surface area contributed by atoms with Crippen molar-refractivity contribution < 1.29 is 4.79 Å². The van der Waals surface area contributed by atoms with Crippen LogP contribution < -0.4 is 10.6 Å². The number of aromatic nitrogens is 2. The van der Waals surface area contributed by atoms with Gasteiger partial charge in [0.2, 0.25) is 11.0 Å². The summed E-state index contributed by atoms with van der Waals surface area (Å²) in [6.07, 6.45) is 6.33. The third-order valence-corrected chi connectivity index (χ3v) is 6.16. The van der Waals surface area contributed by atoms with Crippen molar-refractivity contribution in [1.29, 1.82) is 0 Å². The summed E-state index contributed by atoms with van der Waals surface area (Å²) in [6.45, 7) is 4.05. The summed E-state index contributed by atoms with van der Waals surface area (Å²) in [5, 5.41) is 15.7. The molecule has 0 atom stereocenters. The lowest BCUT2D eigenvalue weighted by atomic mass is 9.96. The lowest BCUT2D eigenvalue weighted by molar-refractivity contribution is -0.113. The van der Waals surface area contributed by atoms with Gasteiger partial charge in [-0.1, -0.05) is 48.4 Å². The minimum Gasteiger partial charge on any atom is -0.357 e. The van der Waals surface area contributed by atoms with E-state index in [1.165, 1.54) is 55.2 Å². The number of amides is 1. The Bertz CT molecular complexity index is 705. The smallest absolute Gasteiger partial charge is 0.234 e. The van der Waals surface area contributed by atoms with Crippen molar-refractivity contribution in [2.24, 2.45) is 0 Å². The molecule has 1 heterocycles. The Hall–Kier alpha value is -1.60. The van der Waals surface area contributed by atoms with E-state index in [1.807, 2.05) is 26.0 Å². The van der Waals surface area contributed by atoms with E-state index < -0.39 is 0 Å². The molecule has 1 saturated carbocycles. The van der Waals surface area contributed by atoms with Gasteiger partial charge in [0.05, 0.1) is 5.75 Å². The third-order valence-electron chi connectivity index (χ3n) is 4.17. The van der Waals surface area contributed by atoms with E-state index >= 15 is 0 Å². The number of nitrogens with zero attached hydrogens (tertiary/aromatic N) is 2. The molecule has 1 aliphatic rings. The van der Waals surface area contributed by atoms with E-state index in [4.69, 9.17) is 0 Å². The highest BCUT2D eigenvalue weighted by Crippen LogP contribution is 2.28. The van der Waals surface area contributed by atoms with Crippen LogP contribution >= 0.6 is 23.1 Å². The number of aryl methyl sites for hydroxylation is 2. The molecule has 1 aromatic carbocycles. The Morgan fingerprint density at radius 3 is 2.60 bits per heavy atom. The fourth-order valence-electron chi connectivity index (χ4n) is 3.12. The zero-order valence-electron chi connectivity index (χ0n) is 14.7. The summed E-state index contributed by atoms with van der Waals surface area (Å²) < 4.78 is 0.828. The zero-order valence-corrected chi connectivity index (χ0v) is 16.3. The summed E-state index contributed by atoms with van der Waals surface area (Å²) in [4.78, 5) is 12.1. The number of thioether (sulfide) groups is 1. The van der Waals surface area contributed by atoms with Gasteiger partial charge in [-0.15, -0.1) is 10.2 Å². The first-order chi connectivity index (χ1) is 12.1. The molecule has 1 aromatic heterocycles. The molecule has 0 spiro atoms. The van der Waals surface area contributed by atoms with Crippen LogP contribution in [-0.4, -0.2) is 27.9 Å². The average Bonchev–Trinajstić information content (AvgIpc) is 3.00. The van der Waals surface area contributed by atoms with Gasteiger partial charge >= 0.3 is 0 Å². The van der Waals surface area contributed by atoms with Gasteiger partial charge in [0.1, 0.15) is 0 Å². The van der Waals surface area contributed by atoms with Gasteiger partial charge in [0.25, 0.3) is 0 Å². The topological polar surface area (TPSA) is 66.9 Å². The monoisotopic (exact) mass is 376 g/mol. The minimum absolute atomic E-state index is 0.0213. The molecule has 25 heavy (non-hydrogen) atoms. The molecular weight excluding hydrogens is 352 g/mol. The van der Waals surface area contributed by atoms with Crippen molar-refractivity contribution in [3.8, 4) is 0 Å². The molecule has 0 saturated heterocycles. The van der Waals surface area contributed by atoms with Crippen molar-refractivity contribution in [2.45, 2.75) is 56.3 Å². The van der Waals surface area contributed by atoms with E-state index in [-0.39, 0.29) is 5.91 Å². The number of hydrogen-bond donors (Lipinski definition) is 2. The van der Waals surface area contributed by atoms with Crippen LogP contribution in [-0.2, 0) is 4.79 Å². The van der Waals surface area contributed by atoms with Crippen LogP contribution in [0.3, 0.4) is 0 Å². The summed E-state index contributed by atoms with van der Waals surface area (Å²) in [7, 11) is 0. The Morgan fingerprint density at radius 1 is 1.16 bits per heavy atom. The Kier molecular flexibility index (Phi) is 6.31. The first kappa shape index (κ1) is 18.2. The predicted molar refractivity (Wildman–Crippen MR) is 106 cm³/mol. The lowest BCUT2D eigenvalue weighted by Gasteiger charge is -2.21.